The summed E-state index contributed by atoms with van der Waals surface area (Å²) in [6.07, 6.45) is 0. The number of carbonyl (C=O) groups excluding carboxylic acids is 1. The van der Waals surface area contributed by atoms with Gasteiger partial charge in [-0.1, -0.05) is 33.6 Å². The number of nitrogen functional groups attached to an aromatic ring is 1. The first-order chi connectivity index (χ1) is 9.60. The van der Waals surface area contributed by atoms with E-state index in [0.29, 0.717) is 17.2 Å². The number of hydrogen-bond acceptors (Lipinski definition) is 3. The minimum Gasteiger partial charge on any atom is -0.489 e. The Balaban J connectivity index is 2.06. The number of hydrogen-bond donors (Lipinski definition) is 2. The van der Waals surface area contributed by atoms with Crippen LogP contribution >= 0.6 is 27.5 Å². The van der Waals surface area contributed by atoms with Crippen LogP contribution in [0, 0.1) is 0 Å². The van der Waals surface area contributed by atoms with E-state index in [1.165, 1.54) is 0 Å². The van der Waals surface area contributed by atoms with Gasteiger partial charge in [-0.3, -0.25) is 10.2 Å². The van der Waals surface area contributed by atoms with Gasteiger partial charge in [-0.15, -0.1) is 0 Å². The third-order valence-electron chi connectivity index (χ3n) is 2.65. The molecule has 0 saturated carbocycles. The average Bonchev–Trinajstić information content (AvgIpc) is 2.46. The maximum atomic E-state index is 11.4. The monoisotopic (exact) mass is 354 g/mol. The first kappa shape index (κ1) is 14.8. The summed E-state index contributed by atoms with van der Waals surface area (Å²) in [7, 11) is 0. The van der Waals surface area contributed by atoms with Gasteiger partial charge in [0, 0.05) is 20.6 Å². The molecule has 0 radical (unpaired) electrons. The van der Waals surface area contributed by atoms with Crippen molar-refractivity contribution < 1.29 is 9.53 Å². The van der Waals surface area contributed by atoms with Gasteiger partial charge in [-0.25, -0.2) is 5.84 Å². The lowest BCUT2D eigenvalue weighted by Crippen LogP contribution is -2.29. The molecule has 3 N–H and O–H groups in total. The van der Waals surface area contributed by atoms with Crippen molar-refractivity contribution in [1.29, 1.82) is 0 Å². The van der Waals surface area contributed by atoms with Crippen molar-refractivity contribution in [2.24, 2.45) is 5.84 Å². The molecule has 1 amide bonds. The second-order valence-corrected chi connectivity index (χ2v) is 5.31. The van der Waals surface area contributed by atoms with E-state index in [1.54, 1.807) is 36.4 Å². The Hall–Kier alpha value is -1.56. The molecule has 2 aromatic rings. The lowest BCUT2D eigenvalue weighted by atomic mass is 10.1. The molecule has 0 fully saturated rings. The molecule has 104 valence electrons. The molecule has 0 spiro atoms. The molecule has 2 aromatic carbocycles. The molecule has 0 aliphatic rings. The number of ether oxygens (including phenoxy) is 1. The van der Waals surface area contributed by atoms with E-state index in [2.05, 4.69) is 21.4 Å². The highest BCUT2D eigenvalue weighted by molar-refractivity contribution is 9.10. The molecule has 0 aliphatic heterocycles. The average molecular weight is 356 g/mol. The highest BCUT2D eigenvalue weighted by Gasteiger charge is 2.07. The summed E-state index contributed by atoms with van der Waals surface area (Å²) in [5, 5.41) is 0.663. The second kappa shape index (κ2) is 6.74. The SMILES string of the molecule is NNC(=O)c1ccc(COc2ccc(Cl)cc2)c(Br)c1. The van der Waals surface area contributed by atoms with Gasteiger partial charge in [0.2, 0.25) is 0 Å². The predicted molar refractivity (Wildman–Crippen MR) is 81.6 cm³/mol. The number of benzene rings is 2. The minimum absolute atomic E-state index is 0.337. The third-order valence-corrected chi connectivity index (χ3v) is 3.64. The largest absolute Gasteiger partial charge is 0.489 e. The molecule has 0 atom stereocenters. The lowest BCUT2D eigenvalue weighted by Gasteiger charge is -2.09. The van der Waals surface area contributed by atoms with Crippen LogP contribution in [-0.4, -0.2) is 5.91 Å². The number of rotatable bonds is 4. The standard InChI is InChI=1S/C14H12BrClN2O2/c15-13-7-9(14(19)18-17)1-2-10(13)8-20-12-5-3-11(16)4-6-12/h1-7H,8,17H2,(H,18,19). The van der Waals surface area contributed by atoms with Crippen molar-refractivity contribution in [1.82, 2.24) is 5.43 Å². The molecule has 0 aromatic heterocycles. The Morgan fingerprint density at radius 3 is 2.55 bits per heavy atom. The summed E-state index contributed by atoms with van der Waals surface area (Å²) in [6.45, 7) is 0.382. The Labute approximate surface area is 130 Å². The summed E-state index contributed by atoms with van der Waals surface area (Å²) in [4.78, 5) is 11.4. The zero-order valence-electron chi connectivity index (χ0n) is 10.4. The van der Waals surface area contributed by atoms with Gasteiger partial charge < -0.3 is 4.74 Å². The van der Waals surface area contributed by atoms with E-state index in [4.69, 9.17) is 22.2 Å². The van der Waals surface area contributed by atoms with Crippen molar-refractivity contribution in [3.05, 3.63) is 63.1 Å². The molecule has 2 rings (SSSR count). The van der Waals surface area contributed by atoms with E-state index < -0.39 is 0 Å². The fourth-order valence-electron chi connectivity index (χ4n) is 1.58. The Morgan fingerprint density at radius 2 is 1.95 bits per heavy atom. The van der Waals surface area contributed by atoms with Crippen LogP contribution < -0.4 is 16.0 Å². The van der Waals surface area contributed by atoms with E-state index >= 15 is 0 Å². The lowest BCUT2D eigenvalue weighted by molar-refractivity contribution is 0.0953. The van der Waals surface area contributed by atoms with E-state index in [0.717, 1.165) is 15.8 Å². The van der Waals surface area contributed by atoms with Crippen molar-refractivity contribution in [2.45, 2.75) is 6.61 Å². The quantitative estimate of drug-likeness (QED) is 0.502. The van der Waals surface area contributed by atoms with Crippen molar-refractivity contribution in [3.63, 3.8) is 0 Å². The smallest absolute Gasteiger partial charge is 0.265 e. The molecular weight excluding hydrogens is 344 g/mol. The Kier molecular flexibility index (Phi) is 5.00. The number of carbonyl (C=O) groups is 1. The number of amides is 1. The fourth-order valence-corrected chi connectivity index (χ4v) is 2.20. The summed E-state index contributed by atoms with van der Waals surface area (Å²) >= 11 is 9.21. The zero-order valence-corrected chi connectivity index (χ0v) is 12.7. The van der Waals surface area contributed by atoms with Crippen LogP contribution in [0.5, 0.6) is 5.75 Å². The van der Waals surface area contributed by atoms with Gasteiger partial charge in [-0.05, 0) is 36.4 Å². The fraction of sp³-hybridized carbons (Fsp3) is 0.0714. The van der Waals surface area contributed by atoms with Crippen molar-refractivity contribution >= 4 is 33.4 Å². The summed E-state index contributed by atoms with van der Waals surface area (Å²) in [6, 6.07) is 12.3. The number of hydrazine groups is 1. The van der Waals surface area contributed by atoms with E-state index in [9.17, 15) is 4.79 Å². The third kappa shape index (κ3) is 3.72. The first-order valence-corrected chi connectivity index (χ1v) is 6.95. The molecule has 6 heteroatoms. The maximum absolute atomic E-state index is 11.4. The van der Waals surface area contributed by atoms with Crippen LogP contribution in [0.25, 0.3) is 0 Å². The van der Waals surface area contributed by atoms with Crippen LogP contribution in [0.3, 0.4) is 0 Å². The zero-order chi connectivity index (χ0) is 14.5. The highest BCUT2D eigenvalue weighted by atomic mass is 79.9. The normalized spacial score (nSPS) is 10.2. The van der Waals surface area contributed by atoms with Crippen LogP contribution in [-0.2, 0) is 6.61 Å². The summed E-state index contributed by atoms with van der Waals surface area (Å²) in [5.74, 6) is 5.48. The number of nitrogens with two attached hydrogens (primary N) is 1. The number of nitrogens with one attached hydrogen (secondary N) is 1. The van der Waals surface area contributed by atoms with Gasteiger partial charge in [0.1, 0.15) is 12.4 Å². The minimum atomic E-state index is -0.337. The molecule has 0 aliphatic carbocycles. The maximum Gasteiger partial charge on any atom is 0.265 e. The summed E-state index contributed by atoms with van der Waals surface area (Å²) in [5.41, 5.74) is 3.49. The van der Waals surface area contributed by atoms with Crippen LogP contribution in [0.15, 0.2) is 46.9 Å². The molecule has 0 bridgehead atoms. The van der Waals surface area contributed by atoms with Gasteiger partial charge in [0.15, 0.2) is 0 Å². The van der Waals surface area contributed by atoms with E-state index in [-0.39, 0.29) is 5.91 Å². The summed E-state index contributed by atoms with van der Waals surface area (Å²) < 4.78 is 6.43. The van der Waals surface area contributed by atoms with E-state index in [1.807, 2.05) is 6.07 Å². The molecule has 0 heterocycles. The van der Waals surface area contributed by atoms with Crippen LogP contribution in [0.4, 0.5) is 0 Å². The molecule has 0 saturated heterocycles. The van der Waals surface area contributed by atoms with Gasteiger partial charge in [0.25, 0.3) is 5.91 Å². The van der Waals surface area contributed by atoms with Crippen LogP contribution in [0.1, 0.15) is 15.9 Å². The van der Waals surface area contributed by atoms with Crippen LogP contribution in [0.2, 0.25) is 5.02 Å². The Bertz CT molecular complexity index is 617. The number of halogens is 2. The molecule has 20 heavy (non-hydrogen) atoms. The van der Waals surface area contributed by atoms with Gasteiger partial charge in [-0.2, -0.15) is 0 Å². The van der Waals surface area contributed by atoms with Gasteiger partial charge in [0.05, 0.1) is 0 Å². The second-order valence-electron chi connectivity index (χ2n) is 4.02. The molecule has 4 nitrogen and oxygen atoms in total. The van der Waals surface area contributed by atoms with Gasteiger partial charge >= 0.3 is 0 Å². The first-order valence-electron chi connectivity index (χ1n) is 5.78. The predicted octanol–water partition coefficient (Wildman–Crippen LogP) is 3.29. The Morgan fingerprint density at radius 1 is 1.25 bits per heavy atom. The van der Waals surface area contributed by atoms with Crippen molar-refractivity contribution in [2.75, 3.05) is 0 Å². The topological polar surface area (TPSA) is 64.3 Å². The van der Waals surface area contributed by atoms with Crippen molar-refractivity contribution in [3.8, 4) is 5.75 Å². The highest BCUT2D eigenvalue weighted by Crippen LogP contribution is 2.22. The molecular formula is C14H12BrClN2O2. The molecule has 0 unspecified atom stereocenters.